The van der Waals surface area contributed by atoms with Crippen molar-refractivity contribution >= 4 is 29.0 Å². The first-order valence-electron chi connectivity index (χ1n) is 5.73. The van der Waals surface area contributed by atoms with Gasteiger partial charge < -0.3 is 4.57 Å². The van der Waals surface area contributed by atoms with E-state index in [9.17, 15) is 14.0 Å². The Kier molecular flexibility index (Phi) is 4.26. The first-order chi connectivity index (χ1) is 9.38. The van der Waals surface area contributed by atoms with Gasteiger partial charge >= 0.3 is 0 Å². The summed E-state index contributed by atoms with van der Waals surface area (Å²) in [5.74, 6) is -0.710. The smallest absolute Gasteiger partial charge is 0.269 e. The van der Waals surface area contributed by atoms with Crippen molar-refractivity contribution in [2.45, 2.75) is 13.5 Å². The molecule has 0 N–H and O–H groups in total. The van der Waals surface area contributed by atoms with Crippen molar-refractivity contribution in [3.63, 3.8) is 0 Å². The molecule has 2 aromatic rings. The van der Waals surface area contributed by atoms with Gasteiger partial charge in [0.1, 0.15) is 10.8 Å². The lowest BCUT2D eigenvalue weighted by Crippen LogP contribution is -2.24. The van der Waals surface area contributed by atoms with Crippen LogP contribution in [-0.2, 0) is 6.54 Å². The van der Waals surface area contributed by atoms with E-state index >= 15 is 0 Å². The minimum Gasteiger partial charge on any atom is -0.305 e. The van der Waals surface area contributed by atoms with E-state index in [-0.39, 0.29) is 28.2 Å². The molecule has 0 aliphatic carbocycles. The number of hydrogen-bond donors (Lipinski definition) is 0. The van der Waals surface area contributed by atoms with E-state index < -0.39 is 5.56 Å². The molecule has 104 valence electrons. The van der Waals surface area contributed by atoms with Crippen molar-refractivity contribution in [1.29, 1.82) is 0 Å². The Morgan fingerprint density at radius 3 is 2.65 bits per heavy atom. The van der Waals surface area contributed by atoms with Gasteiger partial charge in [0.15, 0.2) is 5.78 Å². The molecule has 0 radical (unpaired) electrons. The van der Waals surface area contributed by atoms with Crippen molar-refractivity contribution in [3.8, 4) is 0 Å². The van der Waals surface area contributed by atoms with Crippen LogP contribution in [0.25, 0.3) is 0 Å². The van der Waals surface area contributed by atoms with Crippen LogP contribution < -0.4 is 5.56 Å². The Balaban J connectivity index is 2.32. The standard InChI is InChI=1S/C14H10Cl2FNO2/c1-8-4-9(2-3-12(8)17)13(19)7-18-6-10(15)5-11(16)14(18)20/h2-6H,7H2,1H3. The fourth-order valence-corrected chi connectivity index (χ4v) is 2.26. The summed E-state index contributed by atoms with van der Waals surface area (Å²) < 4.78 is 14.3. The molecule has 1 aromatic heterocycles. The predicted molar refractivity (Wildman–Crippen MR) is 76.2 cm³/mol. The second-order valence-electron chi connectivity index (χ2n) is 4.33. The van der Waals surface area contributed by atoms with Crippen LogP contribution in [0.5, 0.6) is 0 Å². The number of ketones is 1. The fourth-order valence-electron chi connectivity index (χ4n) is 1.75. The number of nitrogens with zero attached hydrogens (tertiary/aromatic N) is 1. The zero-order valence-electron chi connectivity index (χ0n) is 10.5. The number of pyridine rings is 1. The number of Topliss-reactive ketones (excluding diaryl/α,β-unsaturated/α-hetero) is 1. The third-order valence-electron chi connectivity index (χ3n) is 2.80. The minimum absolute atomic E-state index is 0.0550. The van der Waals surface area contributed by atoms with Gasteiger partial charge in [-0.15, -0.1) is 0 Å². The number of carbonyl (C=O) groups is 1. The SMILES string of the molecule is Cc1cc(C(=O)Cn2cc(Cl)cc(Cl)c2=O)ccc1F. The molecule has 1 heterocycles. The number of hydrogen-bond acceptors (Lipinski definition) is 2. The first kappa shape index (κ1) is 14.8. The molecule has 0 aliphatic rings. The van der Waals surface area contributed by atoms with E-state index in [0.717, 1.165) is 4.57 Å². The van der Waals surface area contributed by atoms with Gasteiger partial charge in [-0.1, -0.05) is 23.2 Å². The highest BCUT2D eigenvalue weighted by molar-refractivity contribution is 6.34. The molecule has 0 bridgehead atoms. The normalized spacial score (nSPS) is 10.6. The average molecular weight is 314 g/mol. The molecule has 0 saturated heterocycles. The Labute approximate surface area is 124 Å². The van der Waals surface area contributed by atoms with Crippen LogP contribution in [0.15, 0.2) is 35.3 Å². The molecule has 0 amide bonds. The van der Waals surface area contributed by atoms with E-state index in [0.29, 0.717) is 11.1 Å². The number of rotatable bonds is 3. The number of carbonyl (C=O) groups excluding carboxylic acids is 1. The highest BCUT2D eigenvalue weighted by Gasteiger charge is 2.11. The van der Waals surface area contributed by atoms with Gasteiger partial charge in [-0.25, -0.2) is 4.39 Å². The summed E-state index contributed by atoms with van der Waals surface area (Å²) in [4.78, 5) is 23.9. The summed E-state index contributed by atoms with van der Waals surface area (Å²) in [6.07, 6.45) is 1.34. The Morgan fingerprint density at radius 2 is 2.00 bits per heavy atom. The third-order valence-corrected chi connectivity index (χ3v) is 3.28. The molecule has 0 spiro atoms. The van der Waals surface area contributed by atoms with Crippen molar-refractivity contribution in [3.05, 3.63) is 67.8 Å². The van der Waals surface area contributed by atoms with Gasteiger partial charge in [-0.2, -0.15) is 0 Å². The lowest BCUT2D eigenvalue weighted by Gasteiger charge is -2.07. The van der Waals surface area contributed by atoms with Crippen LogP contribution in [0, 0.1) is 12.7 Å². The number of aryl methyl sites for hydroxylation is 1. The lowest BCUT2D eigenvalue weighted by atomic mass is 10.1. The molecule has 3 nitrogen and oxygen atoms in total. The van der Waals surface area contributed by atoms with Crippen LogP contribution >= 0.6 is 23.2 Å². The average Bonchev–Trinajstić information content (AvgIpc) is 2.38. The maximum absolute atomic E-state index is 13.2. The Hall–Kier alpha value is -1.65. The van der Waals surface area contributed by atoms with Crippen LogP contribution in [0.4, 0.5) is 4.39 Å². The molecule has 0 saturated carbocycles. The summed E-state index contributed by atoms with van der Waals surface area (Å²) in [5.41, 5.74) is 0.197. The zero-order chi connectivity index (χ0) is 14.9. The van der Waals surface area contributed by atoms with Crippen LogP contribution in [0.3, 0.4) is 0 Å². The van der Waals surface area contributed by atoms with E-state index in [2.05, 4.69) is 0 Å². The second kappa shape index (κ2) is 5.77. The summed E-state index contributed by atoms with van der Waals surface area (Å²) in [5, 5.41) is 0.207. The second-order valence-corrected chi connectivity index (χ2v) is 5.17. The molecular weight excluding hydrogens is 304 g/mol. The highest BCUT2D eigenvalue weighted by Crippen LogP contribution is 2.13. The fraction of sp³-hybridized carbons (Fsp3) is 0.143. The van der Waals surface area contributed by atoms with E-state index in [4.69, 9.17) is 23.2 Å². The number of benzene rings is 1. The molecule has 6 heteroatoms. The molecule has 0 fully saturated rings. The molecule has 0 aliphatic heterocycles. The molecule has 20 heavy (non-hydrogen) atoms. The van der Waals surface area contributed by atoms with Crippen molar-refractivity contribution in [2.24, 2.45) is 0 Å². The summed E-state index contributed by atoms with van der Waals surface area (Å²) in [6, 6.07) is 5.35. The Bertz CT molecular complexity index is 740. The van der Waals surface area contributed by atoms with Crippen LogP contribution in [-0.4, -0.2) is 10.4 Å². The van der Waals surface area contributed by atoms with Gasteiger partial charge in [0, 0.05) is 11.8 Å². The highest BCUT2D eigenvalue weighted by atomic mass is 35.5. The van der Waals surface area contributed by atoms with Crippen molar-refractivity contribution in [1.82, 2.24) is 4.57 Å². The number of halogens is 3. The van der Waals surface area contributed by atoms with Gasteiger partial charge in [0.2, 0.25) is 0 Å². The summed E-state index contributed by atoms with van der Waals surface area (Å²) in [7, 11) is 0. The third kappa shape index (κ3) is 3.08. The predicted octanol–water partition coefficient (Wildman–Crippen LogP) is 3.49. The van der Waals surface area contributed by atoms with Crippen LogP contribution in [0.2, 0.25) is 10.0 Å². The van der Waals surface area contributed by atoms with E-state index in [1.54, 1.807) is 6.92 Å². The lowest BCUT2D eigenvalue weighted by molar-refractivity contribution is 0.0971. The Morgan fingerprint density at radius 1 is 1.30 bits per heavy atom. The molecule has 0 unspecified atom stereocenters. The maximum Gasteiger partial charge on any atom is 0.269 e. The van der Waals surface area contributed by atoms with E-state index in [1.807, 2.05) is 0 Å². The van der Waals surface area contributed by atoms with Crippen molar-refractivity contribution < 1.29 is 9.18 Å². The topological polar surface area (TPSA) is 39.1 Å². The quantitative estimate of drug-likeness (QED) is 0.814. The summed E-state index contributed by atoms with van der Waals surface area (Å²) in [6.45, 7) is 1.36. The van der Waals surface area contributed by atoms with Gasteiger partial charge in [0.25, 0.3) is 5.56 Å². The zero-order valence-corrected chi connectivity index (χ0v) is 12.0. The van der Waals surface area contributed by atoms with Gasteiger partial charge in [-0.3, -0.25) is 9.59 Å². The van der Waals surface area contributed by atoms with Crippen LogP contribution in [0.1, 0.15) is 15.9 Å². The molecule has 1 aromatic carbocycles. The molecular formula is C14H10Cl2FNO2. The maximum atomic E-state index is 13.2. The summed E-state index contributed by atoms with van der Waals surface area (Å²) >= 11 is 11.5. The largest absolute Gasteiger partial charge is 0.305 e. The minimum atomic E-state index is -0.497. The molecule has 2 rings (SSSR count). The number of aromatic nitrogens is 1. The van der Waals surface area contributed by atoms with Gasteiger partial charge in [0.05, 0.1) is 11.6 Å². The van der Waals surface area contributed by atoms with Crippen molar-refractivity contribution in [2.75, 3.05) is 0 Å². The first-order valence-corrected chi connectivity index (χ1v) is 6.49. The monoisotopic (exact) mass is 313 g/mol. The molecule has 0 atom stereocenters. The van der Waals surface area contributed by atoms with Gasteiger partial charge in [-0.05, 0) is 36.8 Å². The van der Waals surface area contributed by atoms with E-state index in [1.165, 1.54) is 30.5 Å².